The van der Waals surface area contributed by atoms with Crippen LogP contribution in [0.15, 0.2) is 12.3 Å². The second-order valence-corrected chi connectivity index (χ2v) is 4.29. The lowest BCUT2D eigenvalue weighted by Crippen LogP contribution is -2.30. The molecule has 1 atom stereocenters. The minimum absolute atomic E-state index is 0.0989. The van der Waals surface area contributed by atoms with Crippen molar-refractivity contribution in [3.8, 4) is 0 Å². The van der Waals surface area contributed by atoms with Crippen LogP contribution in [-0.4, -0.2) is 23.1 Å². The Labute approximate surface area is 101 Å². The van der Waals surface area contributed by atoms with Crippen LogP contribution in [0.4, 0.5) is 0 Å². The summed E-state index contributed by atoms with van der Waals surface area (Å²) < 4.78 is 1.82. The van der Waals surface area contributed by atoms with Crippen molar-refractivity contribution >= 4 is 17.5 Å². The van der Waals surface area contributed by atoms with Gasteiger partial charge in [0.1, 0.15) is 5.69 Å². The third-order valence-corrected chi connectivity index (χ3v) is 2.53. The fourth-order valence-electron chi connectivity index (χ4n) is 1.43. The number of rotatable bonds is 5. The maximum absolute atomic E-state index is 11.8. The molecule has 0 saturated heterocycles. The van der Waals surface area contributed by atoms with Crippen LogP contribution in [0.2, 0.25) is 5.02 Å². The Kier molecular flexibility index (Phi) is 4.83. The monoisotopic (exact) mass is 243 g/mol. The number of nitrogens with one attached hydrogen (secondary N) is 1. The lowest BCUT2D eigenvalue weighted by atomic mass is 10.2. The van der Waals surface area contributed by atoms with Crippen LogP contribution in [0.25, 0.3) is 0 Å². The average molecular weight is 244 g/mol. The van der Waals surface area contributed by atoms with Crippen molar-refractivity contribution < 1.29 is 4.79 Å². The van der Waals surface area contributed by atoms with Crippen LogP contribution in [0.3, 0.4) is 0 Å². The highest BCUT2D eigenvalue weighted by molar-refractivity contribution is 6.31. The van der Waals surface area contributed by atoms with E-state index in [1.54, 1.807) is 12.3 Å². The van der Waals surface area contributed by atoms with Gasteiger partial charge >= 0.3 is 0 Å². The van der Waals surface area contributed by atoms with E-state index < -0.39 is 0 Å². The van der Waals surface area contributed by atoms with Crippen molar-refractivity contribution in [2.24, 2.45) is 5.73 Å². The SMILES string of the molecule is CCn1cc(Cl)cc1C(=O)NCCC(C)N. The van der Waals surface area contributed by atoms with Gasteiger partial charge in [-0.15, -0.1) is 0 Å². The number of nitrogens with zero attached hydrogens (tertiary/aromatic N) is 1. The first kappa shape index (κ1) is 13.1. The highest BCUT2D eigenvalue weighted by Crippen LogP contribution is 2.13. The van der Waals surface area contributed by atoms with Crippen molar-refractivity contribution in [3.63, 3.8) is 0 Å². The summed E-state index contributed by atoms with van der Waals surface area (Å²) in [5.74, 6) is -0.102. The Hall–Kier alpha value is -1.00. The van der Waals surface area contributed by atoms with Crippen molar-refractivity contribution in [3.05, 3.63) is 23.0 Å². The van der Waals surface area contributed by atoms with Gasteiger partial charge in [0.05, 0.1) is 5.02 Å². The zero-order valence-electron chi connectivity index (χ0n) is 9.66. The van der Waals surface area contributed by atoms with Gasteiger partial charge in [0.25, 0.3) is 5.91 Å². The standard InChI is InChI=1S/C11H18ClN3O/c1-3-15-7-9(12)6-10(15)11(16)14-5-4-8(2)13/h6-8H,3-5,13H2,1-2H3,(H,14,16). The van der Waals surface area contributed by atoms with E-state index in [9.17, 15) is 4.79 Å². The number of carbonyl (C=O) groups excluding carboxylic acids is 1. The zero-order chi connectivity index (χ0) is 12.1. The molecule has 0 saturated carbocycles. The minimum Gasteiger partial charge on any atom is -0.351 e. The molecule has 90 valence electrons. The van der Waals surface area contributed by atoms with Crippen LogP contribution >= 0.6 is 11.6 Å². The summed E-state index contributed by atoms with van der Waals surface area (Å²) in [4.78, 5) is 11.8. The molecule has 1 rings (SSSR count). The Bertz CT molecular complexity index is 360. The van der Waals surface area contributed by atoms with Gasteiger partial charge in [-0.25, -0.2) is 0 Å². The van der Waals surface area contributed by atoms with Gasteiger partial charge in [-0.1, -0.05) is 11.6 Å². The van der Waals surface area contributed by atoms with E-state index in [2.05, 4.69) is 5.32 Å². The number of aromatic nitrogens is 1. The zero-order valence-corrected chi connectivity index (χ0v) is 10.4. The lowest BCUT2D eigenvalue weighted by Gasteiger charge is -2.08. The van der Waals surface area contributed by atoms with Gasteiger partial charge in [0.15, 0.2) is 0 Å². The molecule has 1 aromatic heterocycles. The predicted molar refractivity (Wildman–Crippen MR) is 65.7 cm³/mol. The molecule has 0 spiro atoms. The normalized spacial score (nSPS) is 12.5. The van der Waals surface area contributed by atoms with Crippen molar-refractivity contribution in [2.45, 2.75) is 32.9 Å². The fourth-order valence-corrected chi connectivity index (χ4v) is 1.65. The number of nitrogens with two attached hydrogens (primary N) is 1. The number of aryl methyl sites for hydroxylation is 1. The highest BCUT2D eigenvalue weighted by atomic mass is 35.5. The maximum Gasteiger partial charge on any atom is 0.267 e. The molecular formula is C11H18ClN3O. The van der Waals surface area contributed by atoms with E-state index in [4.69, 9.17) is 17.3 Å². The summed E-state index contributed by atoms with van der Waals surface area (Å²) >= 11 is 5.85. The molecule has 3 N–H and O–H groups in total. The second-order valence-electron chi connectivity index (χ2n) is 3.85. The molecule has 0 aliphatic rings. The quantitative estimate of drug-likeness (QED) is 0.826. The van der Waals surface area contributed by atoms with Gasteiger partial charge in [-0.2, -0.15) is 0 Å². The molecule has 0 aliphatic heterocycles. The lowest BCUT2D eigenvalue weighted by molar-refractivity contribution is 0.0943. The smallest absolute Gasteiger partial charge is 0.267 e. The number of hydrogen-bond donors (Lipinski definition) is 2. The van der Waals surface area contributed by atoms with E-state index in [-0.39, 0.29) is 11.9 Å². The first-order chi connectivity index (χ1) is 7.54. The molecule has 4 nitrogen and oxygen atoms in total. The summed E-state index contributed by atoms with van der Waals surface area (Å²) in [5, 5.41) is 3.40. The van der Waals surface area contributed by atoms with Crippen LogP contribution in [0.1, 0.15) is 30.8 Å². The largest absolute Gasteiger partial charge is 0.351 e. The number of hydrogen-bond acceptors (Lipinski definition) is 2. The molecular weight excluding hydrogens is 226 g/mol. The van der Waals surface area contributed by atoms with Gasteiger partial charge in [0.2, 0.25) is 0 Å². The molecule has 0 fully saturated rings. The first-order valence-corrected chi connectivity index (χ1v) is 5.81. The molecule has 1 aromatic rings. The number of halogens is 1. The summed E-state index contributed by atoms with van der Waals surface area (Å²) in [5.41, 5.74) is 6.19. The van der Waals surface area contributed by atoms with Crippen LogP contribution < -0.4 is 11.1 Å². The summed E-state index contributed by atoms with van der Waals surface area (Å²) in [6, 6.07) is 1.77. The number of amides is 1. The van der Waals surface area contributed by atoms with E-state index in [1.807, 2.05) is 18.4 Å². The molecule has 16 heavy (non-hydrogen) atoms. The highest BCUT2D eigenvalue weighted by Gasteiger charge is 2.11. The van der Waals surface area contributed by atoms with Crippen LogP contribution in [-0.2, 0) is 6.54 Å². The van der Waals surface area contributed by atoms with Crippen LogP contribution in [0.5, 0.6) is 0 Å². The third-order valence-electron chi connectivity index (χ3n) is 2.32. The Balaban J connectivity index is 2.58. The second kappa shape index (κ2) is 5.92. The van der Waals surface area contributed by atoms with E-state index in [0.717, 1.165) is 13.0 Å². The van der Waals surface area contributed by atoms with Crippen molar-refractivity contribution in [2.75, 3.05) is 6.54 Å². The first-order valence-electron chi connectivity index (χ1n) is 5.44. The van der Waals surface area contributed by atoms with E-state index >= 15 is 0 Å². The molecule has 5 heteroatoms. The Morgan fingerprint density at radius 3 is 2.94 bits per heavy atom. The van der Waals surface area contributed by atoms with Gasteiger partial charge < -0.3 is 15.6 Å². The average Bonchev–Trinajstić information content (AvgIpc) is 2.59. The van der Waals surface area contributed by atoms with Crippen LogP contribution in [0, 0.1) is 0 Å². The molecule has 0 bridgehead atoms. The predicted octanol–water partition coefficient (Wildman–Crippen LogP) is 1.63. The van der Waals surface area contributed by atoms with Gasteiger partial charge in [-0.05, 0) is 26.3 Å². The Morgan fingerprint density at radius 1 is 1.69 bits per heavy atom. The molecule has 0 aliphatic carbocycles. The topological polar surface area (TPSA) is 60.0 Å². The minimum atomic E-state index is -0.102. The molecule has 1 unspecified atom stereocenters. The van der Waals surface area contributed by atoms with Crippen molar-refractivity contribution in [1.29, 1.82) is 0 Å². The summed E-state index contributed by atoms with van der Waals surface area (Å²) in [6.07, 6.45) is 2.52. The van der Waals surface area contributed by atoms with Crippen molar-refractivity contribution in [1.82, 2.24) is 9.88 Å². The summed E-state index contributed by atoms with van der Waals surface area (Å²) in [6.45, 7) is 5.19. The molecule has 1 amide bonds. The fraction of sp³-hybridized carbons (Fsp3) is 0.545. The van der Waals surface area contributed by atoms with E-state index in [1.165, 1.54) is 0 Å². The third kappa shape index (κ3) is 3.54. The maximum atomic E-state index is 11.8. The molecule has 0 radical (unpaired) electrons. The van der Waals surface area contributed by atoms with E-state index in [0.29, 0.717) is 17.3 Å². The number of carbonyl (C=O) groups is 1. The van der Waals surface area contributed by atoms with Gasteiger partial charge in [0, 0.05) is 25.3 Å². The Morgan fingerprint density at radius 2 is 2.38 bits per heavy atom. The summed E-state index contributed by atoms with van der Waals surface area (Å²) in [7, 11) is 0. The molecule has 1 heterocycles. The molecule has 0 aromatic carbocycles. The van der Waals surface area contributed by atoms with Gasteiger partial charge in [-0.3, -0.25) is 4.79 Å².